The van der Waals surface area contributed by atoms with Crippen molar-refractivity contribution in [1.82, 2.24) is 20.2 Å². The van der Waals surface area contributed by atoms with Gasteiger partial charge in [-0.05, 0) is 33.3 Å². The summed E-state index contributed by atoms with van der Waals surface area (Å²) in [4.78, 5) is 23.5. The average molecular weight is 292 g/mol. The molecule has 0 amide bonds. The first-order chi connectivity index (χ1) is 9.70. The van der Waals surface area contributed by atoms with Gasteiger partial charge in [-0.3, -0.25) is 14.3 Å². The Hall–Kier alpha value is -2.15. The second-order valence-electron chi connectivity index (χ2n) is 6.15. The van der Waals surface area contributed by atoms with Crippen LogP contribution in [-0.4, -0.2) is 44.2 Å². The molecule has 1 aromatic heterocycles. The number of hydrogen-bond donors (Lipinski definition) is 2. The summed E-state index contributed by atoms with van der Waals surface area (Å²) in [6.07, 6.45) is 4.80. The number of carbonyl (C=O) groups excluding carboxylic acids is 1. The zero-order valence-electron chi connectivity index (χ0n) is 12.6. The second-order valence-corrected chi connectivity index (χ2v) is 6.15. The maximum Gasteiger partial charge on any atom is 0.327 e. The number of Topliss-reactive ketones (excluding diaryl/α,β-unsaturated/α-hetero) is 1. The third-order valence-electron chi connectivity index (χ3n) is 3.34. The highest BCUT2D eigenvalue weighted by atomic mass is 16.4. The molecule has 2 rings (SSSR count). The highest BCUT2D eigenvalue weighted by molar-refractivity contribution is 5.97. The van der Waals surface area contributed by atoms with Crippen LogP contribution in [0, 0.1) is 0 Å². The number of carboxylic acid groups (broad SMARTS) is 1. The molecule has 0 aromatic carbocycles. The van der Waals surface area contributed by atoms with Gasteiger partial charge in [-0.25, -0.2) is 0 Å². The van der Waals surface area contributed by atoms with Gasteiger partial charge in [0.05, 0.1) is 23.8 Å². The minimum Gasteiger partial charge on any atom is -0.480 e. The van der Waals surface area contributed by atoms with Gasteiger partial charge in [0, 0.05) is 12.4 Å². The van der Waals surface area contributed by atoms with Crippen LogP contribution in [0.15, 0.2) is 24.2 Å². The zero-order valence-corrected chi connectivity index (χ0v) is 12.6. The van der Waals surface area contributed by atoms with Crippen molar-refractivity contribution in [3.05, 3.63) is 29.7 Å². The number of aromatic nitrogens is 2. The summed E-state index contributed by atoms with van der Waals surface area (Å²) < 4.78 is 1.72. The van der Waals surface area contributed by atoms with Gasteiger partial charge < -0.3 is 10.5 Å². The Labute approximate surface area is 123 Å². The van der Waals surface area contributed by atoms with Gasteiger partial charge in [-0.1, -0.05) is 0 Å². The molecule has 0 saturated carbocycles. The minimum atomic E-state index is -0.980. The van der Waals surface area contributed by atoms with Gasteiger partial charge in [0.25, 0.3) is 0 Å². The van der Waals surface area contributed by atoms with Gasteiger partial charge >= 0.3 is 5.97 Å². The molecule has 0 spiro atoms. The Kier molecular flexibility index (Phi) is 3.87. The van der Waals surface area contributed by atoms with E-state index in [4.69, 9.17) is 0 Å². The summed E-state index contributed by atoms with van der Waals surface area (Å²) >= 11 is 0. The van der Waals surface area contributed by atoms with Crippen LogP contribution in [0.2, 0.25) is 0 Å². The molecule has 1 aliphatic rings. The Morgan fingerprint density at radius 2 is 2.10 bits per heavy atom. The lowest BCUT2D eigenvalue weighted by molar-refractivity contribution is -0.141. The molecule has 1 aromatic rings. The molecule has 114 valence electrons. The van der Waals surface area contributed by atoms with E-state index in [-0.39, 0.29) is 17.9 Å². The third kappa shape index (κ3) is 3.13. The smallest absolute Gasteiger partial charge is 0.327 e. The molecular weight excluding hydrogens is 272 g/mol. The largest absolute Gasteiger partial charge is 0.480 e. The van der Waals surface area contributed by atoms with Gasteiger partial charge in [-0.2, -0.15) is 10.1 Å². The highest BCUT2D eigenvalue weighted by Gasteiger charge is 2.33. The van der Waals surface area contributed by atoms with Gasteiger partial charge in [0.1, 0.15) is 6.04 Å². The first-order valence-corrected chi connectivity index (χ1v) is 6.71. The molecule has 7 nitrogen and oxygen atoms in total. The van der Waals surface area contributed by atoms with E-state index in [0.29, 0.717) is 11.1 Å². The molecule has 21 heavy (non-hydrogen) atoms. The number of hydrazine groups is 1. The van der Waals surface area contributed by atoms with Crippen LogP contribution in [0.4, 0.5) is 0 Å². The molecule has 0 fully saturated rings. The van der Waals surface area contributed by atoms with Crippen molar-refractivity contribution < 1.29 is 14.7 Å². The number of carbonyl (C=O) groups is 2. The van der Waals surface area contributed by atoms with E-state index in [9.17, 15) is 14.7 Å². The predicted octanol–water partition coefficient (Wildman–Crippen LogP) is 0.998. The molecule has 0 radical (unpaired) electrons. The summed E-state index contributed by atoms with van der Waals surface area (Å²) in [6, 6.07) is -0.813. The van der Waals surface area contributed by atoms with Crippen molar-refractivity contribution >= 4 is 11.8 Å². The summed E-state index contributed by atoms with van der Waals surface area (Å²) in [7, 11) is 0. The number of carboxylic acids is 1. The lowest BCUT2D eigenvalue weighted by atomic mass is 10.1. The van der Waals surface area contributed by atoms with E-state index in [2.05, 4.69) is 10.5 Å². The fraction of sp³-hybridized carbons (Fsp3) is 0.500. The number of aliphatic carboxylic acids is 1. The molecule has 1 atom stereocenters. The van der Waals surface area contributed by atoms with Crippen molar-refractivity contribution in [3.8, 4) is 0 Å². The number of nitrogens with one attached hydrogen (secondary N) is 1. The molecule has 1 aliphatic heterocycles. The van der Waals surface area contributed by atoms with Crippen LogP contribution in [0.25, 0.3) is 0 Å². The zero-order chi connectivity index (χ0) is 15.8. The molecule has 0 saturated heterocycles. The second kappa shape index (κ2) is 5.33. The summed E-state index contributed by atoms with van der Waals surface area (Å²) in [5.41, 5.74) is 3.76. The van der Waals surface area contributed by atoms with Gasteiger partial charge in [0.2, 0.25) is 0 Å². The van der Waals surface area contributed by atoms with Crippen LogP contribution in [-0.2, 0) is 10.3 Å². The van der Waals surface area contributed by atoms with E-state index in [1.165, 1.54) is 11.2 Å². The standard InChI is InChI=1S/C14H20N4O3/c1-9-5-15-17(12(9)13(20)21)8-11(19)10-6-16-18(7-10)14(2,3)4/h5-7,12,15H,8H2,1-4H3,(H,20,21). The fourth-order valence-electron chi connectivity index (χ4n) is 2.13. The summed E-state index contributed by atoms with van der Waals surface area (Å²) in [5.74, 6) is -1.15. The number of ketones is 1. The normalized spacial score (nSPS) is 19.2. The lowest BCUT2D eigenvalue weighted by Gasteiger charge is -2.21. The van der Waals surface area contributed by atoms with Crippen LogP contribution in [0.3, 0.4) is 0 Å². The van der Waals surface area contributed by atoms with Crippen LogP contribution < -0.4 is 5.43 Å². The quantitative estimate of drug-likeness (QED) is 0.805. The average Bonchev–Trinajstić information content (AvgIpc) is 2.95. The van der Waals surface area contributed by atoms with Gasteiger partial charge in [-0.15, -0.1) is 0 Å². The SMILES string of the molecule is CC1=CNN(CC(=O)c2cnn(C(C)(C)C)c2)C1C(=O)O. The first-order valence-electron chi connectivity index (χ1n) is 6.71. The third-order valence-corrected chi connectivity index (χ3v) is 3.34. The molecule has 7 heteroatoms. The van der Waals surface area contributed by atoms with Crippen LogP contribution >= 0.6 is 0 Å². The number of nitrogens with zero attached hydrogens (tertiary/aromatic N) is 3. The van der Waals surface area contributed by atoms with Crippen LogP contribution in [0.5, 0.6) is 0 Å². The molecular formula is C14H20N4O3. The van der Waals surface area contributed by atoms with Crippen molar-refractivity contribution in [2.24, 2.45) is 0 Å². The van der Waals surface area contributed by atoms with Crippen molar-refractivity contribution in [2.75, 3.05) is 6.54 Å². The molecule has 2 heterocycles. The summed E-state index contributed by atoms with van der Waals surface area (Å²) in [5, 5.41) is 14.8. The highest BCUT2D eigenvalue weighted by Crippen LogP contribution is 2.17. The van der Waals surface area contributed by atoms with E-state index < -0.39 is 12.0 Å². The number of hydrogen-bond acceptors (Lipinski definition) is 5. The van der Waals surface area contributed by atoms with Gasteiger partial charge in [0.15, 0.2) is 5.78 Å². The van der Waals surface area contributed by atoms with E-state index in [1.54, 1.807) is 24.0 Å². The van der Waals surface area contributed by atoms with E-state index >= 15 is 0 Å². The molecule has 1 unspecified atom stereocenters. The molecule has 0 bridgehead atoms. The Balaban J connectivity index is 2.09. The van der Waals surface area contributed by atoms with Crippen molar-refractivity contribution in [2.45, 2.75) is 39.3 Å². The minimum absolute atomic E-state index is 0.0271. The Bertz CT molecular complexity index is 598. The molecule has 0 aliphatic carbocycles. The van der Waals surface area contributed by atoms with Crippen molar-refractivity contribution in [1.29, 1.82) is 0 Å². The lowest BCUT2D eigenvalue weighted by Crippen LogP contribution is -2.45. The Morgan fingerprint density at radius 1 is 1.43 bits per heavy atom. The van der Waals surface area contributed by atoms with E-state index in [1.807, 2.05) is 20.8 Å². The fourth-order valence-corrected chi connectivity index (χ4v) is 2.13. The number of rotatable bonds is 4. The topological polar surface area (TPSA) is 87.5 Å². The Morgan fingerprint density at radius 3 is 2.62 bits per heavy atom. The summed E-state index contributed by atoms with van der Waals surface area (Å²) in [6.45, 7) is 7.66. The predicted molar refractivity (Wildman–Crippen MR) is 76.6 cm³/mol. The maximum atomic E-state index is 12.3. The first kappa shape index (κ1) is 15.2. The molecule has 2 N–H and O–H groups in total. The van der Waals surface area contributed by atoms with E-state index in [0.717, 1.165) is 0 Å². The van der Waals surface area contributed by atoms with Crippen molar-refractivity contribution in [3.63, 3.8) is 0 Å². The maximum absolute atomic E-state index is 12.3. The monoisotopic (exact) mass is 292 g/mol. The van der Waals surface area contributed by atoms with Crippen LogP contribution in [0.1, 0.15) is 38.1 Å².